The molecule has 0 spiro atoms. The quantitative estimate of drug-likeness (QED) is 0.621. The number of rotatable bonds is 0. The lowest BCUT2D eigenvalue weighted by Gasteiger charge is -2.58. The Morgan fingerprint density at radius 3 is 2.54 bits per heavy atom. The zero-order valence-corrected chi connectivity index (χ0v) is 15.2. The molecule has 3 fully saturated rings. The molecular weight excluding hydrogens is 296 g/mol. The van der Waals surface area contributed by atoms with Crippen LogP contribution in [0.4, 0.5) is 0 Å². The van der Waals surface area contributed by atoms with Gasteiger partial charge in [-0.1, -0.05) is 19.8 Å². The smallest absolute Gasteiger partial charge is 0.155 e. The van der Waals surface area contributed by atoms with Crippen LogP contribution in [-0.2, 0) is 9.59 Å². The van der Waals surface area contributed by atoms with Crippen LogP contribution in [0, 0.1) is 46.3 Å². The van der Waals surface area contributed by atoms with Crippen molar-refractivity contribution in [2.75, 3.05) is 0 Å². The first-order valence-corrected chi connectivity index (χ1v) is 9.60. The minimum Gasteiger partial charge on any atom is -0.299 e. The molecule has 0 aromatic rings. The van der Waals surface area contributed by atoms with Crippen LogP contribution in [0.1, 0.15) is 65.7 Å². The molecule has 0 bridgehead atoms. The Bertz CT molecular complexity index is 690. The third-order valence-electron chi connectivity index (χ3n) is 8.03. The monoisotopic (exact) mass is 324 g/mol. The first kappa shape index (κ1) is 16.1. The largest absolute Gasteiger partial charge is 0.299 e. The van der Waals surface area contributed by atoms with Gasteiger partial charge >= 0.3 is 0 Å². The molecule has 0 unspecified atom stereocenters. The third kappa shape index (κ3) is 2.03. The second-order valence-electron chi connectivity index (χ2n) is 8.96. The molecule has 0 aliphatic heterocycles. The van der Waals surface area contributed by atoms with Crippen LogP contribution >= 0.6 is 0 Å². The number of hydrogen-bond acceptors (Lipinski definition) is 2. The van der Waals surface area contributed by atoms with Gasteiger partial charge < -0.3 is 0 Å². The second-order valence-corrected chi connectivity index (χ2v) is 8.96. The molecule has 0 amide bonds. The Morgan fingerprint density at radius 1 is 1.04 bits per heavy atom. The third-order valence-corrected chi connectivity index (χ3v) is 8.03. The lowest BCUT2D eigenvalue weighted by atomic mass is 9.45. The van der Waals surface area contributed by atoms with Gasteiger partial charge in [0.05, 0.1) is 0 Å². The van der Waals surface area contributed by atoms with Crippen LogP contribution in [0.5, 0.6) is 0 Å². The molecular formula is C22H28O2. The van der Waals surface area contributed by atoms with Crippen LogP contribution in [-0.4, -0.2) is 11.6 Å². The predicted octanol–water partition coefficient (Wildman–Crippen LogP) is 4.34. The van der Waals surface area contributed by atoms with Gasteiger partial charge in [0.25, 0.3) is 0 Å². The van der Waals surface area contributed by atoms with Crippen molar-refractivity contribution >= 4 is 11.6 Å². The summed E-state index contributed by atoms with van der Waals surface area (Å²) in [6.07, 6.45) is 8.64. The fraction of sp³-hybridized carbons (Fsp3) is 0.727. The molecule has 128 valence electrons. The topological polar surface area (TPSA) is 34.1 Å². The maximum absolute atomic E-state index is 12.5. The summed E-state index contributed by atoms with van der Waals surface area (Å²) in [5, 5.41) is 0. The first-order chi connectivity index (χ1) is 11.4. The molecule has 0 aromatic carbocycles. The van der Waals surface area contributed by atoms with E-state index in [-0.39, 0.29) is 22.5 Å². The number of carbonyl (C=O) groups is 2. The molecule has 0 radical (unpaired) electrons. The number of hydrogen-bond donors (Lipinski definition) is 0. The van der Waals surface area contributed by atoms with Crippen molar-refractivity contribution in [3.05, 3.63) is 11.6 Å². The van der Waals surface area contributed by atoms with Crippen molar-refractivity contribution in [3.8, 4) is 11.8 Å². The van der Waals surface area contributed by atoms with Crippen molar-refractivity contribution in [2.45, 2.75) is 65.7 Å². The SMILES string of the molecule is CC#C[C@@H]1C[C@@H]2[C@H](CC[C@]3(C)C(=O)CC[C@@H]23)[C@@]2(C)CCC(=O)C=C12. The molecule has 4 aliphatic rings. The molecule has 3 saturated carbocycles. The van der Waals surface area contributed by atoms with E-state index in [1.54, 1.807) is 0 Å². The Balaban J connectivity index is 1.78. The summed E-state index contributed by atoms with van der Waals surface area (Å²) in [5.41, 5.74) is 1.33. The molecule has 4 rings (SSSR count). The lowest BCUT2D eigenvalue weighted by molar-refractivity contribution is -0.133. The molecule has 2 nitrogen and oxygen atoms in total. The van der Waals surface area contributed by atoms with Crippen LogP contribution < -0.4 is 0 Å². The molecule has 2 heteroatoms. The van der Waals surface area contributed by atoms with Crippen LogP contribution in [0.3, 0.4) is 0 Å². The maximum Gasteiger partial charge on any atom is 0.155 e. The molecule has 0 heterocycles. The minimum absolute atomic E-state index is 0.0899. The van der Waals surface area contributed by atoms with Crippen LogP contribution in [0.2, 0.25) is 0 Å². The molecule has 0 aromatic heterocycles. The van der Waals surface area contributed by atoms with E-state index in [4.69, 9.17) is 0 Å². The Hall–Kier alpha value is -1.36. The Labute approximate surface area is 145 Å². The van der Waals surface area contributed by atoms with Crippen LogP contribution in [0.25, 0.3) is 0 Å². The average Bonchev–Trinajstić information content (AvgIpc) is 2.85. The van der Waals surface area contributed by atoms with Gasteiger partial charge in [0.15, 0.2) is 5.78 Å². The molecule has 0 N–H and O–H groups in total. The summed E-state index contributed by atoms with van der Waals surface area (Å²) >= 11 is 0. The fourth-order valence-corrected chi connectivity index (χ4v) is 6.72. The van der Waals surface area contributed by atoms with Gasteiger partial charge in [0.1, 0.15) is 5.78 Å². The Morgan fingerprint density at radius 2 is 1.79 bits per heavy atom. The van der Waals surface area contributed by atoms with E-state index in [1.807, 2.05) is 13.0 Å². The highest BCUT2D eigenvalue weighted by molar-refractivity contribution is 5.92. The fourth-order valence-electron chi connectivity index (χ4n) is 6.72. The van der Waals surface area contributed by atoms with Gasteiger partial charge in [-0.2, -0.15) is 0 Å². The molecule has 0 saturated heterocycles. The standard InChI is InChI=1S/C22H28O2/c1-4-5-14-12-16-17-6-7-20(24)22(17,3)11-9-18(16)21(2)10-8-15(23)13-19(14)21/h13-14,16-18H,6-12H2,1-3H3/t14-,16+,17+,18+,21-,22+/m1/s1. The average molecular weight is 324 g/mol. The maximum atomic E-state index is 12.5. The zero-order chi connectivity index (χ0) is 17.1. The highest BCUT2D eigenvalue weighted by Crippen LogP contribution is 2.65. The highest BCUT2D eigenvalue weighted by atomic mass is 16.1. The van der Waals surface area contributed by atoms with E-state index in [1.165, 1.54) is 5.57 Å². The van der Waals surface area contributed by atoms with Gasteiger partial charge in [-0.15, -0.1) is 5.92 Å². The van der Waals surface area contributed by atoms with Gasteiger partial charge in [-0.25, -0.2) is 0 Å². The van der Waals surface area contributed by atoms with E-state index < -0.39 is 0 Å². The number of fused-ring (bicyclic) bond motifs is 5. The summed E-state index contributed by atoms with van der Waals surface area (Å²) < 4.78 is 0. The van der Waals surface area contributed by atoms with Gasteiger partial charge in [0.2, 0.25) is 0 Å². The predicted molar refractivity (Wildman–Crippen MR) is 94.0 cm³/mol. The first-order valence-electron chi connectivity index (χ1n) is 9.60. The van der Waals surface area contributed by atoms with Crippen molar-refractivity contribution in [1.82, 2.24) is 0 Å². The number of Topliss-reactive ketones (excluding diaryl/α,β-unsaturated/α-hetero) is 1. The summed E-state index contributed by atoms with van der Waals surface area (Å²) in [4.78, 5) is 24.6. The van der Waals surface area contributed by atoms with Gasteiger partial charge in [0, 0.05) is 24.2 Å². The van der Waals surface area contributed by atoms with Crippen molar-refractivity contribution in [3.63, 3.8) is 0 Å². The van der Waals surface area contributed by atoms with Crippen molar-refractivity contribution < 1.29 is 9.59 Å². The normalized spacial score (nSPS) is 47.0. The van der Waals surface area contributed by atoms with Gasteiger partial charge in [-0.3, -0.25) is 9.59 Å². The van der Waals surface area contributed by atoms with Crippen molar-refractivity contribution in [1.29, 1.82) is 0 Å². The van der Waals surface area contributed by atoms with E-state index in [0.29, 0.717) is 30.0 Å². The summed E-state index contributed by atoms with van der Waals surface area (Å²) in [5.74, 6) is 9.25. The van der Waals surface area contributed by atoms with E-state index >= 15 is 0 Å². The molecule has 4 aliphatic carbocycles. The second kappa shape index (κ2) is 5.32. The summed E-state index contributed by atoms with van der Waals surface area (Å²) in [6.45, 7) is 6.51. The number of allylic oxidation sites excluding steroid dienone is 1. The molecule has 6 atom stereocenters. The molecule has 24 heavy (non-hydrogen) atoms. The summed E-state index contributed by atoms with van der Waals surface area (Å²) in [7, 11) is 0. The minimum atomic E-state index is -0.0899. The van der Waals surface area contributed by atoms with E-state index in [9.17, 15) is 9.59 Å². The number of ketones is 2. The highest BCUT2D eigenvalue weighted by Gasteiger charge is 2.60. The van der Waals surface area contributed by atoms with E-state index in [2.05, 4.69) is 25.7 Å². The van der Waals surface area contributed by atoms with Crippen LogP contribution in [0.15, 0.2) is 11.6 Å². The van der Waals surface area contributed by atoms with Crippen molar-refractivity contribution in [2.24, 2.45) is 34.5 Å². The lowest BCUT2D eigenvalue weighted by Crippen LogP contribution is -2.52. The van der Waals surface area contributed by atoms with E-state index in [0.717, 1.165) is 38.5 Å². The van der Waals surface area contributed by atoms with Gasteiger partial charge in [-0.05, 0) is 73.8 Å². The zero-order valence-electron chi connectivity index (χ0n) is 15.2. The Kier molecular flexibility index (Phi) is 3.57. The number of carbonyl (C=O) groups excluding carboxylic acids is 2. The summed E-state index contributed by atoms with van der Waals surface area (Å²) in [6, 6.07) is 0.